The van der Waals surface area contributed by atoms with Crippen molar-refractivity contribution in [1.29, 1.82) is 0 Å². The molecule has 7 nitrogen and oxygen atoms in total. The number of hydrogen-bond acceptors (Lipinski definition) is 4. The molecule has 4 rings (SSSR count). The van der Waals surface area contributed by atoms with Crippen LogP contribution in [-0.2, 0) is 13.0 Å². The van der Waals surface area contributed by atoms with E-state index in [2.05, 4.69) is 27.2 Å². The molecule has 0 unspecified atom stereocenters. The Morgan fingerprint density at radius 1 is 1.28 bits per heavy atom. The molecule has 3 aromatic rings. The Morgan fingerprint density at radius 3 is 2.88 bits per heavy atom. The van der Waals surface area contributed by atoms with E-state index in [1.807, 2.05) is 12.1 Å². The van der Waals surface area contributed by atoms with Crippen molar-refractivity contribution < 1.29 is 4.79 Å². The molecule has 0 aliphatic carbocycles. The zero-order valence-electron chi connectivity index (χ0n) is 13.6. The molecule has 25 heavy (non-hydrogen) atoms. The van der Waals surface area contributed by atoms with Crippen molar-refractivity contribution in [2.75, 3.05) is 6.54 Å². The maximum absolute atomic E-state index is 12.7. The molecule has 124 valence electrons. The number of carbonyl (C=O) groups is 1. The van der Waals surface area contributed by atoms with Crippen LogP contribution in [0.4, 0.5) is 0 Å². The second-order valence-electron chi connectivity index (χ2n) is 5.96. The van der Waals surface area contributed by atoms with Gasteiger partial charge in [0.05, 0.1) is 0 Å². The summed E-state index contributed by atoms with van der Waals surface area (Å²) in [5.74, 6) is 0.144. The molecule has 1 aliphatic rings. The Balaban J connectivity index is 1.58. The highest BCUT2D eigenvalue weighted by Crippen LogP contribution is 2.18. The number of amides is 1. The molecule has 0 fully saturated rings. The van der Waals surface area contributed by atoms with Gasteiger partial charge in [-0.25, -0.2) is 9.67 Å². The van der Waals surface area contributed by atoms with Gasteiger partial charge >= 0.3 is 0 Å². The van der Waals surface area contributed by atoms with Crippen LogP contribution in [0.1, 0.15) is 27.3 Å². The SMILES string of the molecule is Cc1cc(=O)[nH]c(-n2ccc(C(=O)N3CCc4cc#ccc4C3)n2)n1. The second kappa shape index (κ2) is 5.91. The molecule has 7 heteroatoms. The van der Waals surface area contributed by atoms with Crippen LogP contribution in [0.3, 0.4) is 0 Å². The summed E-state index contributed by atoms with van der Waals surface area (Å²) in [6.45, 7) is 2.90. The first kappa shape index (κ1) is 15.1. The summed E-state index contributed by atoms with van der Waals surface area (Å²) in [5, 5.41) is 4.27. The minimum Gasteiger partial charge on any atom is -0.333 e. The number of rotatable bonds is 2. The molecule has 2 aromatic heterocycles. The average Bonchev–Trinajstić information content (AvgIpc) is 3.10. The number of hydrogen-bond donors (Lipinski definition) is 1. The van der Waals surface area contributed by atoms with Gasteiger partial charge in [-0.05, 0) is 42.7 Å². The van der Waals surface area contributed by atoms with E-state index in [0.717, 1.165) is 12.0 Å². The normalized spacial score (nSPS) is 13.2. The maximum Gasteiger partial charge on any atom is 0.274 e. The molecule has 0 saturated carbocycles. The van der Waals surface area contributed by atoms with E-state index < -0.39 is 0 Å². The standard InChI is InChI=1S/C18H15N5O2/c1-12-10-16(24)20-18(19-12)23-9-7-15(21-23)17(25)22-8-6-13-4-2-3-5-14(13)11-22/h4-5,7,9-10H,6,8,11H2,1H3,(H,19,20,24). The van der Waals surface area contributed by atoms with E-state index in [-0.39, 0.29) is 17.4 Å². The molecule has 1 aromatic carbocycles. The summed E-state index contributed by atoms with van der Waals surface area (Å²) in [4.78, 5) is 32.9. The molecule has 1 N–H and O–H groups in total. The first-order valence-electron chi connectivity index (χ1n) is 7.93. The maximum atomic E-state index is 12.7. The van der Waals surface area contributed by atoms with Gasteiger partial charge in [0.15, 0.2) is 5.69 Å². The fourth-order valence-electron chi connectivity index (χ4n) is 2.93. The highest BCUT2D eigenvalue weighted by atomic mass is 16.2. The van der Waals surface area contributed by atoms with E-state index in [4.69, 9.17) is 0 Å². The average molecular weight is 333 g/mol. The van der Waals surface area contributed by atoms with Crippen molar-refractivity contribution in [2.45, 2.75) is 19.9 Å². The number of nitrogens with one attached hydrogen (secondary N) is 1. The molecule has 1 aliphatic heterocycles. The van der Waals surface area contributed by atoms with Crippen molar-refractivity contribution in [3.63, 3.8) is 0 Å². The second-order valence-corrected chi connectivity index (χ2v) is 5.96. The molecule has 0 atom stereocenters. The topological polar surface area (TPSA) is 83.9 Å². The quantitative estimate of drug-likeness (QED) is 0.760. The van der Waals surface area contributed by atoms with E-state index in [9.17, 15) is 9.59 Å². The summed E-state index contributed by atoms with van der Waals surface area (Å²) in [5.41, 5.74) is 2.94. The summed E-state index contributed by atoms with van der Waals surface area (Å²) in [6, 6.07) is 12.7. The summed E-state index contributed by atoms with van der Waals surface area (Å²) in [6.07, 6.45) is 2.41. The summed E-state index contributed by atoms with van der Waals surface area (Å²) >= 11 is 0. The number of carbonyl (C=O) groups excluding carboxylic acids is 1. The number of H-pyrrole nitrogens is 1. The zero-order chi connectivity index (χ0) is 17.4. The lowest BCUT2D eigenvalue weighted by Crippen LogP contribution is -2.36. The molecule has 0 spiro atoms. The molecule has 0 bridgehead atoms. The first-order chi connectivity index (χ1) is 12.1. The third-order valence-corrected chi connectivity index (χ3v) is 4.17. The van der Waals surface area contributed by atoms with Crippen LogP contribution < -0.4 is 5.56 Å². The Labute approximate surface area is 143 Å². The van der Waals surface area contributed by atoms with Gasteiger partial charge in [0.2, 0.25) is 5.95 Å². The number of aromatic amines is 1. The minimum atomic E-state index is -0.258. The van der Waals surface area contributed by atoms with Gasteiger partial charge in [0.25, 0.3) is 11.5 Å². The number of aromatic nitrogens is 4. The zero-order valence-corrected chi connectivity index (χ0v) is 13.6. The lowest BCUT2D eigenvalue weighted by atomic mass is 10.0. The van der Waals surface area contributed by atoms with Crippen molar-refractivity contribution in [3.8, 4) is 5.95 Å². The molecule has 0 saturated heterocycles. The number of nitrogens with zero attached hydrogens (tertiary/aromatic N) is 4. The minimum absolute atomic E-state index is 0.146. The predicted octanol–water partition coefficient (Wildman–Crippen LogP) is 1.06. The fourth-order valence-corrected chi connectivity index (χ4v) is 2.93. The van der Waals surface area contributed by atoms with Gasteiger partial charge in [-0.15, -0.1) is 0 Å². The van der Waals surface area contributed by atoms with Gasteiger partial charge in [-0.2, -0.15) is 5.10 Å². The largest absolute Gasteiger partial charge is 0.333 e. The molecule has 3 heterocycles. The first-order valence-corrected chi connectivity index (χ1v) is 7.93. The van der Waals surface area contributed by atoms with Crippen LogP contribution in [0.5, 0.6) is 0 Å². The molecular formula is C18H15N5O2. The van der Waals surface area contributed by atoms with Gasteiger partial charge in [0.1, 0.15) is 0 Å². The van der Waals surface area contributed by atoms with Crippen molar-refractivity contribution in [1.82, 2.24) is 24.6 Å². The van der Waals surface area contributed by atoms with Gasteiger partial charge in [0, 0.05) is 31.0 Å². The van der Waals surface area contributed by atoms with Crippen LogP contribution in [0, 0.1) is 19.1 Å². The van der Waals surface area contributed by atoms with Crippen molar-refractivity contribution in [2.24, 2.45) is 0 Å². The van der Waals surface area contributed by atoms with Crippen LogP contribution in [0.25, 0.3) is 5.95 Å². The van der Waals surface area contributed by atoms with Crippen LogP contribution in [0.15, 0.2) is 35.3 Å². The summed E-state index contributed by atoms with van der Waals surface area (Å²) in [7, 11) is 0. The van der Waals surface area contributed by atoms with Crippen molar-refractivity contribution >= 4 is 5.91 Å². The van der Waals surface area contributed by atoms with E-state index in [0.29, 0.717) is 24.5 Å². The number of fused-ring (bicyclic) bond motifs is 1. The van der Waals surface area contributed by atoms with E-state index in [1.54, 1.807) is 24.1 Å². The summed E-state index contributed by atoms with van der Waals surface area (Å²) < 4.78 is 1.41. The Hall–Kier alpha value is -3.40. The molecular weight excluding hydrogens is 318 g/mol. The third kappa shape index (κ3) is 2.90. The van der Waals surface area contributed by atoms with E-state index in [1.165, 1.54) is 16.3 Å². The van der Waals surface area contributed by atoms with E-state index >= 15 is 0 Å². The van der Waals surface area contributed by atoms with Crippen LogP contribution in [0.2, 0.25) is 0 Å². The van der Waals surface area contributed by atoms with Crippen LogP contribution in [-0.4, -0.2) is 37.1 Å². The lowest BCUT2D eigenvalue weighted by molar-refractivity contribution is 0.0728. The highest BCUT2D eigenvalue weighted by molar-refractivity contribution is 5.92. The highest BCUT2D eigenvalue weighted by Gasteiger charge is 2.23. The lowest BCUT2D eigenvalue weighted by Gasteiger charge is -2.27. The monoisotopic (exact) mass is 333 g/mol. The Kier molecular flexibility index (Phi) is 3.58. The third-order valence-electron chi connectivity index (χ3n) is 4.17. The van der Waals surface area contributed by atoms with Gasteiger partial charge < -0.3 is 4.90 Å². The molecule has 0 radical (unpaired) electrons. The Morgan fingerprint density at radius 2 is 2.08 bits per heavy atom. The Bertz CT molecular complexity index is 1000. The van der Waals surface area contributed by atoms with Crippen molar-refractivity contribution in [3.05, 3.63) is 75.5 Å². The predicted molar refractivity (Wildman–Crippen MR) is 89.3 cm³/mol. The smallest absolute Gasteiger partial charge is 0.274 e. The van der Waals surface area contributed by atoms with Crippen LogP contribution >= 0.6 is 0 Å². The fraction of sp³-hybridized carbons (Fsp3) is 0.222. The number of aryl methyl sites for hydroxylation is 1. The van der Waals surface area contributed by atoms with Gasteiger partial charge in [-0.3, -0.25) is 14.6 Å². The molecule has 1 amide bonds. The van der Waals surface area contributed by atoms with Gasteiger partial charge in [-0.1, -0.05) is 12.1 Å².